The standard InChI is InChI=1S/C7H14S/c1-6-3-4-8-7(2)5-6/h6-7H,3-5H2,1-2H3/t6?,7-/m0/s1. The second kappa shape index (κ2) is 2.77. The molecule has 48 valence electrons. The van der Waals surface area contributed by atoms with Crippen molar-refractivity contribution in [3.63, 3.8) is 0 Å². The zero-order valence-corrected chi connectivity index (χ0v) is 6.50. The van der Waals surface area contributed by atoms with Crippen molar-refractivity contribution in [2.45, 2.75) is 31.9 Å². The first-order valence-corrected chi connectivity index (χ1v) is 4.45. The van der Waals surface area contributed by atoms with Gasteiger partial charge in [0.2, 0.25) is 0 Å². The summed E-state index contributed by atoms with van der Waals surface area (Å²) in [7, 11) is 0. The first kappa shape index (κ1) is 6.47. The molecule has 8 heavy (non-hydrogen) atoms. The summed E-state index contributed by atoms with van der Waals surface area (Å²) >= 11 is 2.12. The minimum atomic E-state index is 0.929. The fourth-order valence-electron chi connectivity index (χ4n) is 1.22. The van der Waals surface area contributed by atoms with Gasteiger partial charge < -0.3 is 0 Å². The first-order valence-electron chi connectivity index (χ1n) is 3.40. The summed E-state index contributed by atoms with van der Waals surface area (Å²) in [6.45, 7) is 4.69. The van der Waals surface area contributed by atoms with Crippen LogP contribution in [-0.4, -0.2) is 11.0 Å². The summed E-state index contributed by atoms with van der Waals surface area (Å²) in [6.07, 6.45) is 2.87. The highest BCUT2D eigenvalue weighted by Gasteiger charge is 2.14. The van der Waals surface area contributed by atoms with E-state index in [0.717, 1.165) is 11.2 Å². The molecule has 1 aliphatic rings. The van der Waals surface area contributed by atoms with Crippen LogP contribution in [0.1, 0.15) is 26.7 Å². The Morgan fingerprint density at radius 1 is 1.38 bits per heavy atom. The van der Waals surface area contributed by atoms with Crippen LogP contribution in [0.15, 0.2) is 0 Å². The third-order valence-electron chi connectivity index (χ3n) is 1.75. The number of rotatable bonds is 0. The van der Waals surface area contributed by atoms with Crippen molar-refractivity contribution < 1.29 is 0 Å². The predicted octanol–water partition coefficient (Wildman–Crippen LogP) is 2.54. The Labute approximate surface area is 56.0 Å². The lowest BCUT2D eigenvalue weighted by atomic mass is 10.0. The lowest BCUT2D eigenvalue weighted by molar-refractivity contribution is 0.504. The highest BCUT2D eigenvalue weighted by molar-refractivity contribution is 7.99. The molecule has 0 radical (unpaired) electrons. The highest BCUT2D eigenvalue weighted by Crippen LogP contribution is 2.28. The van der Waals surface area contributed by atoms with Crippen molar-refractivity contribution in [3.05, 3.63) is 0 Å². The molecule has 0 nitrogen and oxygen atoms in total. The van der Waals surface area contributed by atoms with Gasteiger partial charge in [0.15, 0.2) is 0 Å². The van der Waals surface area contributed by atoms with Gasteiger partial charge in [-0.15, -0.1) is 0 Å². The fraction of sp³-hybridized carbons (Fsp3) is 1.00. The Hall–Kier alpha value is 0.350. The lowest BCUT2D eigenvalue weighted by Crippen LogP contribution is -2.12. The molecule has 0 bridgehead atoms. The normalized spacial score (nSPS) is 39.8. The SMILES string of the molecule is CC1CCS[C@@H](C)C1. The zero-order chi connectivity index (χ0) is 5.98. The van der Waals surface area contributed by atoms with Crippen molar-refractivity contribution in [1.82, 2.24) is 0 Å². The largest absolute Gasteiger partial charge is 0.159 e. The fourth-order valence-corrected chi connectivity index (χ4v) is 2.63. The minimum Gasteiger partial charge on any atom is -0.159 e. The maximum atomic E-state index is 2.36. The van der Waals surface area contributed by atoms with E-state index in [4.69, 9.17) is 0 Å². The second-order valence-corrected chi connectivity index (χ2v) is 4.36. The van der Waals surface area contributed by atoms with Gasteiger partial charge in [0.05, 0.1) is 0 Å². The van der Waals surface area contributed by atoms with Crippen molar-refractivity contribution in [3.8, 4) is 0 Å². The molecule has 0 aromatic rings. The molecule has 2 atom stereocenters. The Morgan fingerprint density at radius 3 is 2.50 bits per heavy atom. The van der Waals surface area contributed by atoms with Gasteiger partial charge in [0.1, 0.15) is 0 Å². The molecule has 1 saturated heterocycles. The Morgan fingerprint density at radius 2 is 2.12 bits per heavy atom. The molecule has 0 aromatic carbocycles. The van der Waals surface area contributed by atoms with Gasteiger partial charge >= 0.3 is 0 Å². The molecule has 0 aliphatic carbocycles. The van der Waals surface area contributed by atoms with E-state index in [1.807, 2.05) is 0 Å². The molecule has 1 rings (SSSR count). The smallest absolute Gasteiger partial charge is 0.00212 e. The molecule has 1 unspecified atom stereocenters. The van der Waals surface area contributed by atoms with Crippen LogP contribution in [0.5, 0.6) is 0 Å². The minimum absolute atomic E-state index is 0.929. The van der Waals surface area contributed by atoms with Crippen LogP contribution >= 0.6 is 11.8 Å². The van der Waals surface area contributed by atoms with E-state index in [2.05, 4.69) is 25.6 Å². The van der Waals surface area contributed by atoms with Crippen LogP contribution in [0.4, 0.5) is 0 Å². The Balaban J connectivity index is 2.23. The van der Waals surface area contributed by atoms with E-state index in [-0.39, 0.29) is 0 Å². The summed E-state index contributed by atoms with van der Waals surface area (Å²) in [5.74, 6) is 2.38. The number of thioether (sulfide) groups is 1. The molecule has 1 heterocycles. The third-order valence-corrected chi connectivity index (χ3v) is 2.98. The van der Waals surface area contributed by atoms with Crippen molar-refractivity contribution >= 4 is 11.8 Å². The molecular weight excluding hydrogens is 116 g/mol. The van der Waals surface area contributed by atoms with Gasteiger partial charge in [0, 0.05) is 5.25 Å². The summed E-state index contributed by atoms with van der Waals surface area (Å²) in [4.78, 5) is 0. The van der Waals surface area contributed by atoms with E-state index < -0.39 is 0 Å². The predicted molar refractivity (Wildman–Crippen MR) is 40.3 cm³/mol. The third kappa shape index (κ3) is 1.70. The quantitative estimate of drug-likeness (QED) is 0.485. The van der Waals surface area contributed by atoms with Crippen LogP contribution in [0, 0.1) is 5.92 Å². The number of hydrogen-bond acceptors (Lipinski definition) is 1. The van der Waals surface area contributed by atoms with E-state index in [1.165, 1.54) is 18.6 Å². The highest BCUT2D eigenvalue weighted by atomic mass is 32.2. The van der Waals surface area contributed by atoms with Crippen molar-refractivity contribution in [1.29, 1.82) is 0 Å². The Bertz CT molecular complexity index is 62.8. The second-order valence-electron chi connectivity index (χ2n) is 2.81. The average Bonchev–Trinajstić information content (AvgIpc) is 1.64. The van der Waals surface area contributed by atoms with Gasteiger partial charge in [-0.2, -0.15) is 11.8 Å². The number of hydrogen-bond donors (Lipinski definition) is 0. The van der Waals surface area contributed by atoms with Gasteiger partial charge in [-0.1, -0.05) is 13.8 Å². The van der Waals surface area contributed by atoms with E-state index in [1.54, 1.807) is 0 Å². The molecule has 0 spiro atoms. The molecule has 0 amide bonds. The summed E-state index contributed by atoms with van der Waals surface area (Å²) < 4.78 is 0. The Kier molecular flexibility index (Phi) is 2.24. The van der Waals surface area contributed by atoms with Crippen LogP contribution in [0.2, 0.25) is 0 Å². The monoisotopic (exact) mass is 130 g/mol. The topological polar surface area (TPSA) is 0 Å². The summed E-state index contributed by atoms with van der Waals surface area (Å²) in [5, 5.41) is 0.929. The van der Waals surface area contributed by atoms with E-state index in [9.17, 15) is 0 Å². The van der Waals surface area contributed by atoms with Crippen LogP contribution in [0.3, 0.4) is 0 Å². The van der Waals surface area contributed by atoms with Gasteiger partial charge in [-0.25, -0.2) is 0 Å². The van der Waals surface area contributed by atoms with Crippen LogP contribution < -0.4 is 0 Å². The van der Waals surface area contributed by atoms with Gasteiger partial charge in [0.25, 0.3) is 0 Å². The van der Waals surface area contributed by atoms with Crippen LogP contribution in [-0.2, 0) is 0 Å². The summed E-state index contributed by atoms with van der Waals surface area (Å²) in [5.41, 5.74) is 0. The van der Waals surface area contributed by atoms with E-state index in [0.29, 0.717) is 0 Å². The van der Waals surface area contributed by atoms with Crippen LogP contribution in [0.25, 0.3) is 0 Å². The van der Waals surface area contributed by atoms with Gasteiger partial charge in [-0.05, 0) is 24.5 Å². The average molecular weight is 130 g/mol. The maximum absolute atomic E-state index is 2.36. The first-order chi connectivity index (χ1) is 3.79. The van der Waals surface area contributed by atoms with E-state index >= 15 is 0 Å². The molecular formula is C7H14S. The molecule has 0 N–H and O–H groups in total. The summed E-state index contributed by atoms with van der Waals surface area (Å²) in [6, 6.07) is 0. The molecule has 1 heteroatoms. The molecule has 1 aliphatic heterocycles. The zero-order valence-electron chi connectivity index (χ0n) is 5.68. The van der Waals surface area contributed by atoms with Crippen molar-refractivity contribution in [2.24, 2.45) is 5.92 Å². The lowest BCUT2D eigenvalue weighted by Gasteiger charge is -2.22. The molecule has 1 fully saturated rings. The maximum Gasteiger partial charge on any atom is 0.00212 e. The van der Waals surface area contributed by atoms with Crippen molar-refractivity contribution in [2.75, 3.05) is 5.75 Å². The molecule has 0 saturated carbocycles. The molecule has 0 aromatic heterocycles. The van der Waals surface area contributed by atoms with Gasteiger partial charge in [-0.3, -0.25) is 0 Å².